The van der Waals surface area contributed by atoms with Crippen molar-refractivity contribution in [1.82, 2.24) is 5.32 Å². The molecule has 0 saturated carbocycles. The van der Waals surface area contributed by atoms with E-state index < -0.39 is 0 Å². The molecule has 0 spiro atoms. The number of hydrogen-bond donors (Lipinski definition) is 1. The Labute approximate surface area is 109 Å². The van der Waals surface area contributed by atoms with Crippen LogP contribution < -0.4 is 10.1 Å². The molecule has 1 unspecified atom stereocenters. The minimum Gasteiger partial charge on any atom is -0.491 e. The number of hydrogen-bond acceptors (Lipinski definition) is 2. The number of benzene rings is 1. The van der Waals surface area contributed by atoms with E-state index in [0.717, 1.165) is 18.9 Å². The van der Waals surface area contributed by atoms with Gasteiger partial charge in [-0.05, 0) is 19.0 Å². The minimum atomic E-state index is 0. The predicted molar refractivity (Wildman–Crippen MR) is 74.9 cm³/mol. The Hall–Kier alpha value is -0.990. The van der Waals surface area contributed by atoms with Crippen LogP contribution in [0.2, 0.25) is 0 Å². The summed E-state index contributed by atoms with van der Waals surface area (Å²) in [4.78, 5) is 0. The molecule has 1 aliphatic rings. The van der Waals surface area contributed by atoms with Crippen LogP contribution in [0.3, 0.4) is 0 Å². The van der Waals surface area contributed by atoms with Crippen molar-refractivity contribution in [2.75, 3.05) is 13.2 Å². The molecular weight excluding hydrogens is 234 g/mol. The molecule has 0 fully saturated rings. The van der Waals surface area contributed by atoms with Crippen LogP contribution in [0.5, 0.6) is 5.75 Å². The summed E-state index contributed by atoms with van der Waals surface area (Å²) in [6.45, 7) is 3.99. The zero-order valence-electron chi connectivity index (χ0n) is 10.2. The van der Waals surface area contributed by atoms with Gasteiger partial charge in [-0.25, -0.2) is 0 Å². The average molecular weight is 254 g/mol. The molecule has 1 heterocycles. The highest BCUT2D eigenvalue weighted by molar-refractivity contribution is 5.85. The first-order valence-electron chi connectivity index (χ1n) is 6.03. The van der Waals surface area contributed by atoms with Gasteiger partial charge < -0.3 is 10.1 Å². The van der Waals surface area contributed by atoms with Crippen molar-refractivity contribution >= 4 is 18.5 Å². The van der Waals surface area contributed by atoms with E-state index in [1.165, 1.54) is 18.4 Å². The highest BCUT2D eigenvalue weighted by Crippen LogP contribution is 2.22. The largest absolute Gasteiger partial charge is 0.491 e. The summed E-state index contributed by atoms with van der Waals surface area (Å²) in [6, 6.07) is 8.49. The van der Waals surface area contributed by atoms with Crippen LogP contribution in [0.4, 0.5) is 0 Å². The first kappa shape index (κ1) is 14.1. The van der Waals surface area contributed by atoms with E-state index in [-0.39, 0.29) is 12.4 Å². The van der Waals surface area contributed by atoms with Crippen molar-refractivity contribution in [3.63, 3.8) is 0 Å². The van der Waals surface area contributed by atoms with Gasteiger partial charge in [0.2, 0.25) is 0 Å². The highest BCUT2D eigenvalue weighted by Gasteiger charge is 2.10. The number of ether oxygens (including phenoxy) is 1. The maximum atomic E-state index is 5.77. The van der Waals surface area contributed by atoms with Gasteiger partial charge in [-0.1, -0.05) is 43.7 Å². The molecule has 0 bridgehead atoms. The van der Waals surface area contributed by atoms with Crippen LogP contribution in [-0.2, 0) is 0 Å². The van der Waals surface area contributed by atoms with Gasteiger partial charge in [0.25, 0.3) is 0 Å². The van der Waals surface area contributed by atoms with Crippen molar-refractivity contribution < 1.29 is 4.74 Å². The highest BCUT2D eigenvalue weighted by atomic mass is 35.5. The lowest BCUT2D eigenvalue weighted by Crippen LogP contribution is -2.33. The molecular formula is C14H20ClNO. The number of nitrogens with one attached hydrogen (secondary N) is 1. The van der Waals surface area contributed by atoms with E-state index in [1.54, 1.807) is 0 Å². The molecule has 1 aliphatic heterocycles. The van der Waals surface area contributed by atoms with E-state index in [2.05, 4.69) is 30.5 Å². The molecule has 17 heavy (non-hydrogen) atoms. The van der Waals surface area contributed by atoms with E-state index in [9.17, 15) is 0 Å². The number of halogens is 1. The number of unbranched alkanes of at least 4 members (excludes halogenated alkanes) is 1. The van der Waals surface area contributed by atoms with E-state index in [4.69, 9.17) is 4.74 Å². The van der Waals surface area contributed by atoms with Crippen LogP contribution in [0.25, 0.3) is 6.08 Å². The lowest BCUT2D eigenvalue weighted by Gasteiger charge is -2.13. The molecule has 1 N–H and O–H groups in total. The number of fused-ring (bicyclic) bond motifs is 1. The topological polar surface area (TPSA) is 21.3 Å². The third kappa shape index (κ3) is 4.06. The number of rotatable bonds is 4. The van der Waals surface area contributed by atoms with Gasteiger partial charge in [-0.15, -0.1) is 12.4 Å². The summed E-state index contributed by atoms with van der Waals surface area (Å²) < 4.78 is 5.77. The molecule has 0 radical (unpaired) electrons. The molecule has 0 aromatic heterocycles. The second-order valence-corrected chi connectivity index (χ2v) is 4.12. The Kier molecular flexibility index (Phi) is 6.09. The normalized spacial score (nSPS) is 17.6. The lowest BCUT2D eigenvalue weighted by molar-refractivity contribution is 0.288. The standard InChI is InChI=1S/C14H19NO.ClH/c1-2-3-10-15-13-9-8-12-6-4-5-7-14(12)16-11-13;/h4-9,13,15H,2-3,10-11H2,1H3;1H. The fraction of sp³-hybridized carbons (Fsp3) is 0.429. The summed E-state index contributed by atoms with van der Waals surface area (Å²) in [7, 11) is 0. The van der Waals surface area contributed by atoms with E-state index in [1.807, 2.05) is 18.2 Å². The first-order valence-corrected chi connectivity index (χ1v) is 6.03. The van der Waals surface area contributed by atoms with Crippen LogP contribution in [-0.4, -0.2) is 19.2 Å². The molecule has 0 aliphatic carbocycles. The lowest BCUT2D eigenvalue weighted by atomic mass is 10.2. The second-order valence-electron chi connectivity index (χ2n) is 4.12. The maximum Gasteiger partial charge on any atom is 0.126 e. The van der Waals surface area contributed by atoms with Crippen molar-refractivity contribution in [1.29, 1.82) is 0 Å². The van der Waals surface area contributed by atoms with Crippen LogP contribution >= 0.6 is 12.4 Å². The summed E-state index contributed by atoms with van der Waals surface area (Å²) in [5.74, 6) is 0.985. The van der Waals surface area contributed by atoms with E-state index >= 15 is 0 Å². The minimum absolute atomic E-state index is 0. The molecule has 2 nitrogen and oxygen atoms in total. The van der Waals surface area contributed by atoms with Crippen LogP contribution in [0.15, 0.2) is 30.3 Å². The Balaban J connectivity index is 0.00000144. The molecule has 0 amide bonds. The zero-order valence-corrected chi connectivity index (χ0v) is 11.0. The third-order valence-electron chi connectivity index (χ3n) is 2.78. The summed E-state index contributed by atoms with van der Waals surface area (Å²) >= 11 is 0. The quantitative estimate of drug-likeness (QED) is 0.832. The Morgan fingerprint density at radius 1 is 1.35 bits per heavy atom. The SMILES string of the molecule is CCCCNC1C=Cc2ccccc2OC1.Cl. The van der Waals surface area contributed by atoms with Gasteiger partial charge in [0.1, 0.15) is 12.4 Å². The molecule has 1 aromatic carbocycles. The average Bonchev–Trinajstić information content (AvgIpc) is 2.53. The van der Waals surface area contributed by atoms with Crippen molar-refractivity contribution in [3.05, 3.63) is 35.9 Å². The van der Waals surface area contributed by atoms with Gasteiger partial charge in [-0.2, -0.15) is 0 Å². The second kappa shape index (κ2) is 7.36. The third-order valence-corrected chi connectivity index (χ3v) is 2.78. The Morgan fingerprint density at radius 2 is 2.18 bits per heavy atom. The monoisotopic (exact) mass is 253 g/mol. The van der Waals surface area contributed by atoms with Gasteiger partial charge in [-0.3, -0.25) is 0 Å². The molecule has 1 atom stereocenters. The fourth-order valence-corrected chi connectivity index (χ4v) is 1.80. The van der Waals surface area contributed by atoms with Gasteiger partial charge in [0.15, 0.2) is 0 Å². The summed E-state index contributed by atoms with van der Waals surface area (Å²) in [6.07, 6.45) is 6.79. The fourth-order valence-electron chi connectivity index (χ4n) is 1.80. The smallest absolute Gasteiger partial charge is 0.126 e. The zero-order chi connectivity index (χ0) is 11.2. The van der Waals surface area contributed by atoms with Gasteiger partial charge >= 0.3 is 0 Å². The Morgan fingerprint density at radius 3 is 3.00 bits per heavy atom. The van der Waals surface area contributed by atoms with Crippen molar-refractivity contribution in [2.45, 2.75) is 25.8 Å². The molecule has 3 heteroatoms. The molecule has 1 aromatic rings. The van der Waals surface area contributed by atoms with Crippen molar-refractivity contribution in [3.8, 4) is 5.75 Å². The molecule has 2 rings (SSSR count). The maximum absolute atomic E-state index is 5.77. The summed E-state index contributed by atoms with van der Waals surface area (Å²) in [5, 5.41) is 3.49. The van der Waals surface area contributed by atoms with Crippen molar-refractivity contribution in [2.24, 2.45) is 0 Å². The van der Waals surface area contributed by atoms with Crippen LogP contribution in [0, 0.1) is 0 Å². The predicted octanol–water partition coefficient (Wildman–Crippen LogP) is 3.27. The van der Waals surface area contributed by atoms with E-state index in [0.29, 0.717) is 6.04 Å². The first-order chi connectivity index (χ1) is 7.90. The van der Waals surface area contributed by atoms with Gasteiger partial charge in [0, 0.05) is 5.56 Å². The number of para-hydroxylation sites is 1. The molecule has 94 valence electrons. The van der Waals surface area contributed by atoms with Gasteiger partial charge in [0.05, 0.1) is 6.04 Å². The Bertz CT molecular complexity index is 365. The summed E-state index contributed by atoms with van der Waals surface area (Å²) in [5.41, 5.74) is 1.17. The van der Waals surface area contributed by atoms with Crippen LogP contribution in [0.1, 0.15) is 25.3 Å². The molecule has 0 saturated heterocycles.